The van der Waals surface area contributed by atoms with Crippen molar-refractivity contribution in [2.24, 2.45) is 17.8 Å². The fraction of sp³-hybridized carbons (Fsp3) is 0.524. The molecule has 1 aromatic rings. The number of hydrogen-bond donors (Lipinski definition) is 0. The summed E-state index contributed by atoms with van der Waals surface area (Å²) in [5.41, 5.74) is 1.13. The zero-order chi connectivity index (χ0) is 17.4. The molecule has 2 amide bonds. The van der Waals surface area contributed by atoms with Gasteiger partial charge in [0.1, 0.15) is 0 Å². The van der Waals surface area contributed by atoms with E-state index >= 15 is 0 Å². The van der Waals surface area contributed by atoms with Crippen LogP contribution in [0.3, 0.4) is 0 Å². The highest BCUT2D eigenvalue weighted by atomic mass is 16.2. The number of hydrogen-bond acceptors (Lipinski definition) is 2. The number of fused-ring (bicyclic) bond motifs is 1. The Morgan fingerprint density at radius 2 is 1.68 bits per heavy atom. The van der Waals surface area contributed by atoms with E-state index in [2.05, 4.69) is 19.1 Å². The Morgan fingerprint density at radius 1 is 1.04 bits per heavy atom. The molecule has 2 fully saturated rings. The van der Waals surface area contributed by atoms with Gasteiger partial charge in [-0.1, -0.05) is 42.5 Å². The van der Waals surface area contributed by atoms with Gasteiger partial charge in [-0.3, -0.25) is 9.59 Å². The van der Waals surface area contributed by atoms with Gasteiger partial charge < -0.3 is 9.80 Å². The maximum absolute atomic E-state index is 13.0. The lowest BCUT2D eigenvalue weighted by atomic mass is 9.86. The number of allylic oxidation sites excluding steroid dienone is 2. The van der Waals surface area contributed by atoms with Gasteiger partial charge >= 0.3 is 0 Å². The molecule has 0 spiro atoms. The maximum atomic E-state index is 13.0. The third kappa shape index (κ3) is 3.10. The molecule has 2 saturated heterocycles. The lowest BCUT2D eigenvalue weighted by molar-refractivity contribution is -0.135. The van der Waals surface area contributed by atoms with Crippen molar-refractivity contribution in [1.82, 2.24) is 9.80 Å². The largest absolute Gasteiger partial charge is 0.342 e. The molecule has 2 heterocycles. The van der Waals surface area contributed by atoms with E-state index in [4.69, 9.17) is 0 Å². The lowest BCUT2D eigenvalue weighted by Gasteiger charge is -2.26. The molecule has 4 heteroatoms. The molecular formula is C21H26N2O2. The van der Waals surface area contributed by atoms with Crippen LogP contribution in [0.5, 0.6) is 0 Å². The Kier molecular flexibility index (Phi) is 4.36. The van der Waals surface area contributed by atoms with Crippen LogP contribution >= 0.6 is 0 Å². The summed E-state index contributed by atoms with van der Waals surface area (Å²) in [6, 6.07) is 10.1. The van der Waals surface area contributed by atoms with Crippen molar-refractivity contribution >= 4 is 11.8 Å². The van der Waals surface area contributed by atoms with Gasteiger partial charge in [-0.05, 0) is 37.2 Å². The van der Waals surface area contributed by atoms with Gasteiger partial charge in [0.2, 0.25) is 11.8 Å². The van der Waals surface area contributed by atoms with E-state index in [9.17, 15) is 9.59 Å². The molecule has 1 aliphatic carbocycles. The van der Waals surface area contributed by atoms with Crippen molar-refractivity contribution in [3.8, 4) is 0 Å². The number of carbonyl (C=O) groups is 2. The van der Waals surface area contributed by atoms with Crippen LogP contribution in [-0.2, 0) is 9.59 Å². The van der Waals surface area contributed by atoms with Crippen LogP contribution in [-0.4, -0.2) is 41.2 Å². The van der Waals surface area contributed by atoms with Crippen LogP contribution < -0.4 is 0 Å². The topological polar surface area (TPSA) is 40.6 Å². The first-order valence-electron chi connectivity index (χ1n) is 9.41. The van der Waals surface area contributed by atoms with Gasteiger partial charge in [-0.15, -0.1) is 0 Å². The van der Waals surface area contributed by atoms with Crippen molar-refractivity contribution in [3.63, 3.8) is 0 Å². The van der Waals surface area contributed by atoms with Crippen molar-refractivity contribution < 1.29 is 9.59 Å². The van der Waals surface area contributed by atoms with E-state index in [0.29, 0.717) is 24.8 Å². The minimum atomic E-state index is -0.174. The summed E-state index contributed by atoms with van der Waals surface area (Å²) >= 11 is 0. The highest BCUT2D eigenvalue weighted by Crippen LogP contribution is 2.35. The molecule has 25 heavy (non-hydrogen) atoms. The normalized spacial score (nSPS) is 29.8. The molecule has 1 aromatic carbocycles. The van der Waals surface area contributed by atoms with E-state index in [1.807, 2.05) is 40.1 Å². The zero-order valence-corrected chi connectivity index (χ0v) is 14.8. The van der Waals surface area contributed by atoms with Gasteiger partial charge in [0.15, 0.2) is 0 Å². The lowest BCUT2D eigenvalue weighted by Crippen LogP contribution is -2.36. The molecule has 132 valence electrons. The minimum Gasteiger partial charge on any atom is -0.342 e. The molecule has 4 unspecified atom stereocenters. The van der Waals surface area contributed by atoms with E-state index in [-0.39, 0.29) is 23.8 Å². The SMILES string of the molecule is CC(c1ccccc1)N1CC(C(=O)N2CC3CC=CCC3C2)CC1=O. The number of rotatable bonds is 3. The van der Waals surface area contributed by atoms with Gasteiger partial charge in [-0.25, -0.2) is 0 Å². The second kappa shape index (κ2) is 6.66. The second-order valence-electron chi connectivity index (χ2n) is 7.74. The van der Waals surface area contributed by atoms with Crippen LogP contribution in [0.15, 0.2) is 42.5 Å². The van der Waals surface area contributed by atoms with E-state index in [0.717, 1.165) is 31.5 Å². The number of benzene rings is 1. The molecule has 4 nitrogen and oxygen atoms in total. The molecule has 0 bridgehead atoms. The van der Waals surface area contributed by atoms with E-state index in [1.165, 1.54) is 0 Å². The van der Waals surface area contributed by atoms with Crippen LogP contribution in [0.1, 0.15) is 37.8 Å². The minimum absolute atomic E-state index is 0.0249. The summed E-state index contributed by atoms with van der Waals surface area (Å²) in [6.07, 6.45) is 7.04. The van der Waals surface area contributed by atoms with Gasteiger partial charge in [0.05, 0.1) is 12.0 Å². The van der Waals surface area contributed by atoms with Crippen molar-refractivity contribution in [1.29, 1.82) is 0 Å². The summed E-state index contributed by atoms with van der Waals surface area (Å²) in [7, 11) is 0. The smallest absolute Gasteiger partial charge is 0.228 e. The van der Waals surface area contributed by atoms with Crippen LogP contribution in [0.25, 0.3) is 0 Å². The first-order chi connectivity index (χ1) is 12.1. The third-order valence-electron chi connectivity index (χ3n) is 6.19. The highest BCUT2D eigenvalue weighted by molar-refractivity contribution is 5.89. The number of nitrogens with zero attached hydrogens (tertiary/aromatic N) is 2. The Labute approximate surface area is 149 Å². The maximum Gasteiger partial charge on any atom is 0.228 e. The zero-order valence-electron chi connectivity index (χ0n) is 14.8. The van der Waals surface area contributed by atoms with Gasteiger partial charge in [0, 0.05) is 26.1 Å². The summed E-state index contributed by atoms with van der Waals surface area (Å²) in [6.45, 7) is 4.34. The Bertz CT molecular complexity index is 668. The second-order valence-corrected chi connectivity index (χ2v) is 7.74. The fourth-order valence-electron chi connectivity index (χ4n) is 4.64. The third-order valence-corrected chi connectivity index (χ3v) is 6.19. The van der Waals surface area contributed by atoms with Crippen molar-refractivity contribution in [2.45, 2.75) is 32.2 Å². The quantitative estimate of drug-likeness (QED) is 0.795. The van der Waals surface area contributed by atoms with Crippen LogP contribution in [0, 0.1) is 17.8 Å². The molecule has 2 aliphatic heterocycles. The van der Waals surface area contributed by atoms with Crippen LogP contribution in [0.2, 0.25) is 0 Å². The summed E-state index contributed by atoms with van der Waals surface area (Å²) in [4.78, 5) is 29.4. The predicted octanol–water partition coefficient (Wildman–Crippen LogP) is 3.02. The summed E-state index contributed by atoms with van der Waals surface area (Å²) in [5.74, 6) is 1.35. The van der Waals surface area contributed by atoms with Gasteiger partial charge in [-0.2, -0.15) is 0 Å². The first kappa shape index (κ1) is 16.4. The first-order valence-corrected chi connectivity index (χ1v) is 9.41. The molecule has 0 radical (unpaired) electrons. The fourth-order valence-corrected chi connectivity index (χ4v) is 4.64. The van der Waals surface area contributed by atoms with Crippen molar-refractivity contribution in [3.05, 3.63) is 48.0 Å². The average Bonchev–Trinajstić information content (AvgIpc) is 3.25. The molecule has 0 saturated carbocycles. The predicted molar refractivity (Wildman–Crippen MR) is 96.6 cm³/mol. The number of amides is 2. The van der Waals surface area contributed by atoms with Crippen molar-refractivity contribution in [2.75, 3.05) is 19.6 Å². The van der Waals surface area contributed by atoms with E-state index < -0.39 is 0 Å². The van der Waals surface area contributed by atoms with E-state index in [1.54, 1.807) is 0 Å². The Morgan fingerprint density at radius 3 is 2.32 bits per heavy atom. The standard InChI is InChI=1S/C21H26N2O2/c1-15(16-7-3-2-4-8-16)23-14-19(11-20(23)24)21(25)22-12-17-9-5-6-10-18(17)13-22/h2-8,15,17-19H,9-14H2,1H3. The molecule has 3 aliphatic rings. The Balaban J connectivity index is 1.41. The Hall–Kier alpha value is -2.10. The highest BCUT2D eigenvalue weighted by Gasteiger charge is 2.42. The molecular weight excluding hydrogens is 312 g/mol. The molecule has 4 atom stereocenters. The van der Waals surface area contributed by atoms with Crippen LogP contribution in [0.4, 0.5) is 0 Å². The molecule has 4 rings (SSSR count). The number of carbonyl (C=O) groups excluding carboxylic acids is 2. The molecule has 0 aromatic heterocycles. The summed E-state index contributed by atoms with van der Waals surface area (Å²) < 4.78 is 0. The molecule has 0 N–H and O–H groups in total. The summed E-state index contributed by atoms with van der Waals surface area (Å²) in [5, 5.41) is 0. The number of likely N-dealkylation sites (tertiary alicyclic amines) is 2. The monoisotopic (exact) mass is 338 g/mol. The average molecular weight is 338 g/mol. The van der Waals surface area contributed by atoms with Gasteiger partial charge in [0.25, 0.3) is 0 Å².